The maximum Gasteiger partial charge on any atom is 0.299 e. The summed E-state index contributed by atoms with van der Waals surface area (Å²) in [5.41, 5.74) is 1.68. The Kier molecular flexibility index (Phi) is 10.8. The lowest BCUT2D eigenvalue weighted by molar-refractivity contribution is -0.393. The number of hydrogen-bond donors (Lipinski definition) is 2. The van der Waals surface area contributed by atoms with E-state index in [9.17, 15) is 25.3 Å². The zero-order valence-corrected chi connectivity index (χ0v) is 24.2. The lowest BCUT2D eigenvalue weighted by Gasteiger charge is -2.45. The molecule has 5 atom stereocenters. The third kappa shape index (κ3) is 8.47. The Morgan fingerprint density at radius 2 is 1.24 bits per heavy atom. The second-order valence-corrected chi connectivity index (χ2v) is 10.5. The quantitative estimate of drug-likeness (QED) is 0.139. The molecule has 1 saturated heterocycles. The summed E-state index contributed by atoms with van der Waals surface area (Å²) in [6.07, 6.45) is -4.00. The van der Waals surface area contributed by atoms with Crippen LogP contribution in [-0.2, 0) is 38.8 Å². The fourth-order valence-corrected chi connectivity index (χ4v) is 5.09. The average Bonchev–Trinajstić information content (AvgIpc) is 3.06. The topological polar surface area (TPSA) is 155 Å². The molecule has 234 valence electrons. The van der Waals surface area contributed by atoms with Gasteiger partial charge in [-0.15, -0.1) is 0 Å². The van der Waals surface area contributed by atoms with Crippen molar-refractivity contribution in [3.05, 3.63) is 146 Å². The molecule has 1 aliphatic rings. The van der Waals surface area contributed by atoms with Crippen molar-refractivity contribution in [1.82, 2.24) is 0 Å². The number of non-ortho nitro benzene ring substituents is 1. The van der Waals surface area contributed by atoms with E-state index in [1.54, 1.807) is 0 Å². The van der Waals surface area contributed by atoms with Gasteiger partial charge >= 0.3 is 0 Å². The predicted molar refractivity (Wildman–Crippen MR) is 164 cm³/mol. The Labute approximate surface area is 259 Å². The second kappa shape index (κ2) is 15.3. The first-order valence-corrected chi connectivity index (χ1v) is 14.3. The number of aliphatic hydroxyl groups is 1. The number of benzene rings is 4. The molecule has 0 aromatic heterocycles. The lowest BCUT2D eigenvalue weighted by Crippen LogP contribution is -2.62. The summed E-state index contributed by atoms with van der Waals surface area (Å²) in [6, 6.07) is 30.7. The minimum atomic E-state index is -1.51. The molecule has 0 spiro atoms. The van der Waals surface area contributed by atoms with E-state index in [4.69, 9.17) is 18.9 Å². The van der Waals surface area contributed by atoms with Gasteiger partial charge in [0.05, 0.1) is 42.3 Å². The van der Waals surface area contributed by atoms with Gasteiger partial charge in [0.15, 0.2) is 6.29 Å². The third-order valence-electron chi connectivity index (χ3n) is 7.34. The van der Waals surface area contributed by atoms with Gasteiger partial charge in [0, 0.05) is 6.07 Å². The summed E-state index contributed by atoms with van der Waals surface area (Å²) in [7, 11) is 0. The number of anilines is 1. The smallest absolute Gasteiger partial charge is 0.299 e. The number of nitro groups is 2. The second-order valence-electron chi connectivity index (χ2n) is 10.5. The molecule has 1 aliphatic heterocycles. The third-order valence-corrected chi connectivity index (χ3v) is 7.34. The van der Waals surface area contributed by atoms with Crippen LogP contribution >= 0.6 is 0 Å². The normalized spacial score (nSPS) is 21.2. The van der Waals surface area contributed by atoms with E-state index in [1.165, 1.54) is 6.07 Å². The van der Waals surface area contributed by atoms with Gasteiger partial charge in [-0.3, -0.25) is 20.2 Å². The van der Waals surface area contributed by atoms with Crippen molar-refractivity contribution >= 4 is 17.1 Å². The first-order valence-electron chi connectivity index (χ1n) is 14.3. The van der Waals surface area contributed by atoms with Gasteiger partial charge in [0.1, 0.15) is 30.0 Å². The fraction of sp³-hybridized carbons (Fsp3) is 0.273. The Bertz CT molecular complexity index is 1540. The monoisotopic (exact) mass is 615 g/mol. The van der Waals surface area contributed by atoms with Crippen LogP contribution in [0.3, 0.4) is 0 Å². The molecular weight excluding hydrogens is 582 g/mol. The van der Waals surface area contributed by atoms with Crippen LogP contribution in [0.1, 0.15) is 16.7 Å². The number of nitrogens with one attached hydrogen (secondary N) is 1. The number of aliphatic hydroxyl groups excluding tert-OH is 1. The van der Waals surface area contributed by atoms with Gasteiger partial charge in [-0.25, -0.2) is 0 Å². The van der Waals surface area contributed by atoms with E-state index in [-0.39, 0.29) is 25.5 Å². The van der Waals surface area contributed by atoms with Gasteiger partial charge in [0.2, 0.25) is 0 Å². The number of ether oxygens (including phenoxy) is 4. The van der Waals surface area contributed by atoms with E-state index in [2.05, 4.69) is 5.32 Å². The molecule has 0 saturated carbocycles. The molecule has 4 aromatic carbocycles. The highest BCUT2D eigenvalue weighted by atomic mass is 16.7. The molecule has 0 aliphatic carbocycles. The summed E-state index contributed by atoms with van der Waals surface area (Å²) < 4.78 is 24.9. The van der Waals surface area contributed by atoms with Crippen LogP contribution in [0.5, 0.6) is 0 Å². The highest BCUT2D eigenvalue weighted by molar-refractivity contribution is 5.66. The van der Waals surface area contributed by atoms with Crippen LogP contribution in [0.25, 0.3) is 0 Å². The van der Waals surface area contributed by atoms with Crippen molar-refractivity contribution in [3.8, 4) is 0 Å². The van der Waals surface area contributed by atoms with Crippen molar-refractivity contribution in [2.45, 2.75) is 50.5 Å². The number of hydrogen-bond acceptors (Lipinski definition) is 10. The molecule has 0 radical (unpaired) electrons. The van der Waals surface area contributed by atoms with Crippen LogP contribution < -0.4 is 5.32 Å². The first-order chi connectivity index (χ1) is 21.9. The van der Waals surface area contributed by atoms with Gasteiger partial charge in [0.25, 0.3) is 11.4 Å². The first kappa shape index (κ1) is 31.7. The molecule has 0 unspecified atom stereocenters. The summed E-state index contributed by atoms with van der Waals surface area (Å²) >= 11 is 0. The maximum atomic E-state index is 11.9. The van der Waals surface area contributed by atoms with Crippen LogP contribution in [0.15, 0.2) is 109 Å². The predicted octanol–water partition coefficient (Wildman–Crippen LogP) is 5.39. The van der Waals surface area contributed by atoms with Gasteiger partial charge in [-0.1, -0.05) is 91.0 Å². The van der Waals surface area contributed by atoms with Crippen LogP contribution in [-0.4, -0.2) is 52.2 Å². The van der Waals surface area contributed by atoms with E-state index in [0.717, 1.165) is 28.8 Å². The highest BCUT2D eigenvalue weighted by Gasteiger charge is 2.48. The van der Waals surface area contributed by atoms with Crippen molar-refractivity contribution < 1.29 is 33.9 Å². The van der Waals surface area contributed by atoms with Gasteiger partial charge in [-0.2, -0.15) is 0 Å². The SMILES string of the molecule is O=[N+]([O-])c1ccc(N[C@@H]2[C@@H](OCc3ccccc3)[C@H](OCc3ccccc3)[C@@H](COCc3ccccc3)O[C@@H]2O)c([N+](=O)[O-])c1. The van der Waals surface area contributed by atoms with E-state index in [0.29, 0.717) is 6.61 Å². The number of rotatable bonds is 14. The standard InChI is InChI=1S/C33H33N3O9/c37-33-30(34-27-17-16-26(35(38)39)18-28(27)36(40)41)32(44-21-25-14-8-3-9-15-25)31(43-20-24-12-6-2-7-13-24)29(45-33)22-42-19-23-10-4-1-5-11-23/h1-18,29-34,37H,19-22H2/t29-,30-,31-,32-,33+/m1/s1. The Balaban J connectivity index is 1.45. The molecule has 12 nitrogen and oxygen atoms in total. The van der Waals surface area contributed by atoms with Crippen molar-refractivity contribution in [3.63, 3.8) is 0 Å². The molecule has 1 fully saturated rings. The lowest BCUT2D eigenvalue weighted by atomic mass is 9.95. The van der Waals surface area contributed by atoms with Crippen LogP contribution in [0, 0.1) is 20.2 Å². The average molecular weight is 616 g/mol. The molecular formula is C33H33N3O9. The molecule has 12 heteroatoms. The number of nitrogens with zero attached hydrogens (tertiary/aromatic N) is 2. The summed E-state index contributed by atoms with van der Waals surface area (Å²) in [5, 5.41) is 37.5. The largest absolute Gasteiger partial charge is 0.374 e. The zero-order chi connectivity index (χ0) is 31.6. The Morgan fingerprint density at radius 3 is 1.78 bits per heavy atom. The molecule has 0 amide bonds. The minimum absolute atomic E-state index is 0.0489. The van der Waals surface area contributed by atoms with Crippen LogP contribution in [0.4, 0.5) is 17.1 Å². The molecule has 0 bridgehead atoms. The molecule has 5 rings (SSSR count). The van der Waals surface area contributed by atoms with Crippen molar-refractivity contribution in [1.29, 1.82) is 0 Å². The van der Waals surface area contributed by atoms with Crippen molar-refractivity contribution in [2.24, 2.45) is 0 Å². The minimum Gasteiger partial charge on any atom is -0.374 e. The summed E-state index contributed by atoms with van der Waals surface area (Å²) in [6.45, 7) is 0.687. The molecule has 45 heavy (non-hydrogen) atoms. The number of nitro benzene ring substituents is 2. The zero-order valence-electron chi connectivity index (χ0n) is 24.2. The van der Waals surface area contributed by atoms with E-state index < -0.39 is 51.9 Å². The van der Waals surface area contributed by atoms with E-state index in [1.807, 2.05) is 91.0 Å². The maximum absolute atomic E-state index is 11.9. The summed E-state index contributed by atoms with van der Waals surface area (Å²) in [4.78, 5) is 21.8. The van der Waals surface area contributed by atoms with Gasteiger partial charge in [-0.05, 0) is 22.8 Å². The fourth-order valence-electron chi connectivity index (χ4n) is 5.09. The molecule has 4 aromatic rings. The highest BCUT2D eigenvalue weighted by Crippen LogP contribution is 2.34. The van der Waals surface area contributed by atoms with Crippen LogP contribution in [0.2, 0.25) is 0 Å². The van der Waals surface area contributed by atoms with Gasteiger partial charge < -0.3 is 29.4 Å². The van der Waals surface area contributed by atoms with Crippen molar-refractivity contribution in [2.75, 3.05) is 11.9 Å². The molecule has 2 N–H and O–H groups in total. The molecule has 1 heterocycles. The Morgan fingerprint density at radius 1 is 0.711 bits per heavy atom. The summed E-state index contributed by atoms with van der Waals surface area (Å²) in [5.74, 6) is 0. The Hall–Kier alpha value is -4.72. The van der Waals surface area contributed by atoms with E-state index >= 15 is 0 Å².